The van der Waals surface area contributed by atoms with E-state index in [0.717, 1.165) is 46.4 Å². The number of anilines is 1. The Bertz CT molecular complexity index is 1120. The van der Waals surface area contributed by atoms with Crippen LogP contribution in [-0.4, -0.2) is 29.1 Å². The number of aromatic nitrogens is 1. The Morgan fingerprint density at radius 1 is 1.11 bits per heavy atom. The highest BCUT2D eigenvalue weighted by molar-refractivity contribution is 5.95. The molecule has 1 atom stereocenters. The van der Waals surface area contributed by atoms with E-state index < -0.39 is 5.72 Å². The van der Waals surface area contributed by atoms with Gasteiger partial charge in [-0.25, -0.2) is 0 Å². The third-order valence-corrected chi connectivity index (χ3v) is 6.60. The van der Waals surface area contributed by atoms with Gasteiger partial charge in [0.1, 0.15) is 11.4 Å². The molecule has 2 aromatic carbocycles. The van der Waals surface area contributed by atoms with Gasteiger partial charge in [-0.3, -0.25) is 9.98 Å². The maximum atomic E-state index is 10.2. The van der Waals surface area contributed by atoms with Gasteiger partial charge in [0, 0.05) is 24.3 Å². The molecule has 0 saturated heterocycles. The molecular weight excluding hydrogens is 350 g/mol. The van der Waals surface area contributed by atoms with Gasteiger partial charge in [-0.15, -0.1) is 0 Å². The third-order valence-electron chi connectivity index (χ3n) is 6.60. The number of ether oxygens (including phenoxy) is 1. The number of benzene rings is 2. The number of phenols is 1. The fourth-order valence-electron chi connectivity index (χ4n) is 5.07. The molecule has 0 saturated carbocycles. The minimum Gasteiger partial charge on any atom is -0.508 e. The first-order chi connectivity index (χ1) is 13.6. The van der Waals surface area contributed by atoms with E-state index in [1.807, 2.05) is 49.7 Å². The summed E-state index contributed by atoms with van der Waals surface area (Å²) < 4.78 is 6.88. The molecule has 5 nitrogen and oxygen atoms in total. The van der Waals surface area contributed by atoms with Crippen molar-refractivity contribution in [3.05, 3.63) is 54.2 Å². The van der Waals surface area contributed by atoms with E-state index >= 15 is 0 Å². The maximum Gasteiger partial charge on any atom is 0.229 e. The van der Waals surface area contributed by atoms with Crippen molar-refractivity contribution >= 4 is 28.5 Å². The number of hydrogen-bond acceptors (Lipinski definition) is 5. The highest BCUT2D eigenvalue weighted by Crippen LogP contribution is 2.58. The van der Waals surface area contributed by atoms with Crippen molar-refractivity contribution in [1.82, 2.24) is 4.98 Å². The average molecular weight is 373 g/mol. The van der Waals surface area contributed by atoms with E-state index in [4.69, 9.17) is 9.73 Å². The van der Waals surface area contributed by atoms with Gasteiger partial charge >= 0.3 is 0 Å². The van der Waals surface area contributed by atoms with Crippen LogP contribution < -0.4 is 9.64 Å². The smallest absolute Gasteiger partial charge is 0.229 e. The van der Waals surface area contributed by atoms with Gasteiger partial charge in [0.2, 0.25) is 5.72 Å². The summed E-state index contributed by atoms with van der Waals surface area (Å²) in [6, 6.07) is 13.5. The first kappa shape index (κ1) is 17.0. The minimum atomic E-state index is -0.760. The second-order valence-corrected chi connectivity index (χ2v) is 7.59. The molecule has 2 aliphatic heterocycles. The fourth-order valence-corrected chi connectivity index (χ4v) is 5.07. The Kier molecular flexibility index (Phi) is 3.48. The average Bonchev–Trinajstić information content (AvgIpc) is 2.92. The quantitative estimate of drug-likeness (QED) is 0.691. The fraction of sp³-hybridized carbons (Fsp3) is 0.304. The van der Waals surface area contributed by atoms with E-state index in [2.05, 4.69) is 23.7 Å². The zero-order chi connectivity index (χ0) is 19.5. The number of aliphatic imine (C=N–C) groups is 1. The van der Waals surface area contributed by atoms with Crippen LogP contribution >= 0.6 is 0 Å². The predicted octanol–water partition coefficient (Wildman–Crippen LogP) is 4.94. The summed E-state index contributed by atoms with van der Waals surface area (Å²) in [6.45, 7) is 4.35. The molecule has 3 aromatic rings. The summed E-state index contributed by atoms with van der Waals surface area (Å²) >= 11 is 0. The van der Waals surface area contributed by atoms with Crippen LogP contribution in [0.3, 0.4) is 0 Å². The van der Waals surface area contributed by atoms with Crippen LogP contribution in [0.2, 0.25) is 0 Å². The lowest BCUT2D eigenvalue weighted by molar-refractivity contribution is 0.0591. The van der Waals surface area contributed by atoms with Crippen molar-refractivity contribution in [3.8, 4) is 11.5 Å². The molecule has 0 radical (unpaired) electrons. The molecule has 0 aliphatic carbocycles. The minimum absolute atomic E-state index is 0.276. The van der Waals surface area contributed by atoms with E-state index in [1.165, 1.54) is 0 Å². The SMILES string of the molecule is CCC1(CC)c2cc(O)ccc2N(C)C12C=Nc1ccc3ncccc3c1O2. The van der Waals surface area contributed by atoms with Crippen molar-refractivity contribution in [2.75, 3.05) is 11.9 Å². The zero-order valence-electron chi connectivity index (χ0n) is 16.3. The van der Waals surface area contributed by atoms with Crippen molar-refractivity contribution in [2.45, 2.75) is 37.8 Å². The van der Waals surface area contributed by atoms with Gasteiger partial charge in [0.05, 0.1) is 17.1 Å². The van der Waals surface area contributed by atoms with Gasteiger partial charge in [-0.2, -0.15) is 0 Å². The summed E-state index contributed by atoms with van der Waals surface area (Å²) in [6.07, 6.45) is 5.45. The summed E-state index contributed by atoms with van der Waals surface area (Å²) in [4.78, 5) is 11.5. The maximum absolute atomic E-state index is 10.2. The highest BCUT2D eigenvalue weighted by atomic mass is 16.5. The van der Waals surface area contributed by atoms with E-state index in [9.17, 15) is 5.11 Å². The number of nitrogens with zero attached hydrogens (tertiary/aromatic N) is 3. The molecule has 1 N–H and O–H groups in total. The summed E-state index contributed by atoms with van der Waals surface area (Å²) in [5.41, 5.74) is 2.79. The lowest BCUT2D eigenvalue weighted by atomic mass is 9.69. The van der Waals surface area contributed by atoms with Crippen LogP contribution in [0.25, 0.3) is 10.9 Å². The molecule has 3 heterocycles. The largest absolute Gasteiger partial charge is 0.508 e. The third kappa shape index (κ3) is 1.91. The lowest BCUT2D eigenvalue weighted by Gasteiger charge is -2.47. The van der Waals surface area contributed by atoms with Crippen LogP contribution in [0.1, 0.15) is 32.3 Å². The van der Waals surface area contributed by atoms with Crippen LogP contribution in [0.15, 0.2) is 53.7 Å². The van der Waals surface area contributed by atoms with Crippen LogP contribution in [0, 0.1) is 0 Å². The number of likely N-dealkylation sites (N-methyl/N-ethyl adjacent to an activating group) is 1. The van der Waals surface area contributed by atoms with Crippen molar-refractivity contribution in [3.63, 3.8) is 0 Å². The highest BCUT2D eigenvalue weighted by Gasteiger charge is 2.62. The lowest BCUT2D eigenvalue weighted by Crippen LogP contribution is -2.62. The van der Waals surface area contributed by atoms with E-state index in [1.54, 1.807) is 12.3 Å². The van der Waals surface area contributed by atoms with Gasteiger partial charge in [-0.1, -0.05) is 13.8 Å². The number of fused-ring (bicyclic) bond motifs is 4. The molecule has 142 valence electrons. The summed E-state index contributed by atoms with van der Waals surface area (Å²) in [5.74, 6) is 1.04. The molecule has 28 heavy (non-hydrogen) atoms. The van der Waals surface area contributed by atoms with Crippen molar-refractivity contribution in [1.29, 1.82) is 0 Å². The Morgan fingerprint density at radius 2 is 1.93 bits per heavy atom. The number of rotatable bonds is 2. The standard InChI is InChI=1S/C23H23N3O2/c1-4-22(5-2)17-13-15(27)8-11-20(17)26(3)23(22)14-25-19-10-9-18-16(21(19)28-23)7-6-12-24-18/h6-14,27H,4-5H2,1-3H3. The number of pyridine rings is 1. The first-order valence-corrected chi connectivity index (χ1v) is 9.75. The van der Waals surface area contributed by atoms with Gasteiger partial charge < -0.3 is 14.7 Å². The van der Waals surface area contributed by atoms with Gasteiger partial charge in [0.15, 0.2) is 5.75 Å². The van der Waals surface area contributed by atoms with Crippen molar-refractivity contribution in [2.24, 2.45) is 4.99 Å². The van der Waals surface area contributed by atoms with Gasteiger partial charge in [0.25, 0.3) is 0 Å². The normalized spacial score (nSPS) is 21.6. The zero-order valence-corrected chi connectivity index (χ0v) is 16.3. The Morgan fingerprint density at radius 3 is 2.71 bits per heavy atom. The van der Waals surface area contributed by atoms with Crippen LogP contribution in [0.5, 0.6) is 11.5 Å². The molecule has 1 aromatic heterocycles. The molecule has 5 rings (SSSR count). The summed E-state index contributed by atoms with van der Waals surface area (Å²) in [5, 5.41) is 11.2. The van der Waals surface area contributed by atoms with E-state index in [-0.39, 0.29) is 11.2 Å². The Balaban J connectivity index is 1.78. The predicted molar refractivity (Wildman–Crippen MR) is 112 cm³/mol. The molecule has 0 fully saturated rings. The number of aromatic hydroxyl groups is 1. The molecule has 0 amide bonds. The Labute approximate surface area is 164 Å². The molecular formula is C23H23N3O2. The molecule has 1 spiro atoms. The second-order valence-electron chi connectivity index (χ2n) is 7.59. The molecule has 5 heteroatoms. The van der Waals surface area contributed by atoms with Crippen molar-refractivity contribution < 1.29 is 9.84 Å². The molecule has 1 unspecified atom stereocenters. The van der Waals surface area contributed by atoms with Gasteiger partial charge in [-0.05, 0) is 60.9 Å². The first-order valence-electron chi connectivity index (χ1n) is 9.75. The number of phenolic OH excluding ortho intramolecular Hbond substituents is 1. The van der Waals surface area contributed by atoms with E-state index in [0.29, 0.717) is 0 Å². The molecule has 0 bridgehead atoms. The van der Waals surface area contributed by atoms with Crippen LogP contribution in [-0.2, 0) is 5.41 Å². The Hall–Kier alpha value is -3.08. The second kappa shape index (κ2) is 5.71. The van der Waals surface area contributed by atoms with Crippen LogP contribution in [0.4, 0.5) is 11.4 Å². The molecule has 2 aliphatic rings. The number of hydrogen-bond donors (Lipinski definition) is 1. The summed E-state index contributed by atoms with van der Waals surface area (Å²) in [7, 11) is 2.04. The monoisotopic (exact) mass is 373 g/mol. The topological polar surface area (TPSA) is 58.0 Å².